The number of nitrogens with zero attached hydrogens (tertiary/aromatic N) is 4. The van der Waals surface area contributed by atoms with Crippen molar-refractivity contribution >= 4 is 18.0 Å². The van der Waals surface area contributed by atoms with Crippen molar-refractivity contribution in [2.75, 3.05) is 19.4 Å². The lowest BCUT2D eigenvalue weighted by molar-refractivity contribution is 0.643. The molecule has 0 bridgehead atoms. The number of nitrogens with one attached hydrogen (secondary N) is 2. The summed E-state index contributed by atoms with van der Waals surface area (Å²) in [6.07, 6.45) is 1.62. The zero-order chi connectivity index (χ0) is 14.4. The Labute approximate surface area is 117 Å². The molecular formula is C14H16N6. The normalized spacial score (nSPS) is 10.4. The van der Waals surface area contributed by atoms with E-state index in [4.69, 9.17) is 0 Å². The molecular weight excluding hydrogens is 252 g/mol. The van der Waals surface area contributed by atoms with Gasteiger partial charge in [-0.25, -0.2) is 4.99 Å². The van der Waals surface area contributed by atoms with E-state index < -0.39 is 0 Å². The van der Waals surface area contributed by atoms with Gasteiger partial charge in [-0.3, -0.25) is 5.10 Å². The van der Waals surface area contributed by atoms with E-state index >= 15 is 0 Å². The third kappa shape index (κ3) is 3.36. The summed E-state index contributed by atoms with van der Waals surface area (Å²) in [5, 5.41) is 19.2. The standard InChI is InChI=1S/C14H16N6/c1-20(2)10-17-14-12(8-15)13(18-19-14)16-9-11-6-4-3-5-7-11/h3-7,10H,9H2,1-2H3,(H2,16,18,19)/b17-10+. The third-order valence-corrected chi connectivity index (χ3v) is 2.58. The average Bonchev–Trinajstić information content (AvgIpc) is 2.86. The number of nitriles is 1. The van der Waals surface area contributed by atoms with Gasteiger partial charge in [-0.15, -0.1) is 0 Å². The minimum atomic E-state index is 0.416. The Kier molecular flexibility index (Phi) is 4.35. The minimum Gasteiger partial charge on any atom is -0.369 e. The lowest BCUT2D eigenvalue weighted by Crippen LogP contribution is -2.07. The van der Waals surface area contributed by atoms with E-state index in [0.717, 1.165) is 5.56 Å². The fraction of sp³-hybridized carbons (Fsp3) is 0.214. The van der Waals surface area contributed by atoms with Crippen LogP contribution in [0.3, 0.4) is 0 Å². The van der Waals surface area contributed by atoms with Crippen LogP contribution in [0.5, 0.6) is 0 Å². The lowest BCUT2D eigenvalue weighted by atomic mass is 10.2. The molecule has 6 heteroatoms. The molecule has 2 aromatic rings. The second-order valence-electron chi connectivity index (χ2n) is 4.45. The van der Waals surface area contributed by atoms with Crippen molar-refractivity contribution in [3.05, 3.63) is 41.5 Å². The van der Waals surface area contributed by atoms with E-state index in [1.807, 2.05) is 44.4 Å². The number of aromatic amines is 1. The van der Waals surface area contributed by atoms with Crippen LogP contribution in [0.25, 0.3) is 0 Å². The Bertz CT molecular complexity index is 621. The molecule has 1 aromatic heterocycles. The Hall–Kier alpha value is -2.81. The molecule has 0 radical (unpaired) electrons. The molecule has 0 aliphatic carbocycles. The number of benzene rings is 1. The summed E-state index contributed by atoms with van der Waals surface area (Å²) in [5.41, 5.74) is 1.54. The van der Waals surface area contributed by atoms with Crippen LogP contribution in [0.4, 0.5) is 11.6 Å². The minimum absolute atomic E-state index is 0.416. The van der Waals surface area contributed by atoms with Crippen molar-refractivity contribution in [2.45, 2.75) is 6.54 Å². The van der Waals surface area contributed by atoms with Gasteiger partial charge in [0, 0.05) is 20.6 Å². The maximum absolute atomic E-state index is 9.21. The van der Waals surface area contributed by atoms with Gasteiger partial charge in [0.1, 0.15) is 11.6 Å². The number of aliphatic imine (C=N–C) groups is 1. The van der Waals surface area contributed by atoms with Gasteiger partial charge in [0.25, 0.3) is 0 Å². The topological polar surface area (TPSA) is 80.1 Å². The van der Waals surface area contributed by atoms with E-state index in [1.54, 1.807) is 11.2 Å². The fourth-order valence-corrected chi connectivity index (χ4v) is 1.61. The molecule has 20 heavy (non-hydrogen) atoms. The van der Waals surface area contributed by atoms with Crippen LogP contribution in [-0.2, 0) is 6.54 Å². The SMILES string of the molecule is CN(C)/C=N/c1[nH]nc(NCc2ccccc2)c1C#N. The van der Waals surface area contributed by atoms with E-state index in [-0.39, 0.29) is 0 Å². The van der Waals surface area contributed by atoms with Gasteiger partial charge in [0.2, 0.25) is 0 Å². The first-order chi connectivity index (χ1) is 9.70. The number of hydrogen-bond donors (Lipinski definition) is 2. The van der Waals surface area contributed by atoms with Gasteiger partial charge in [-0.2, -0.15) is 10.4 Å². The zero-order valence-electron chi connectivity index (χ0n) is 11.5. The van der Waals surface area contributed by atoms with Gasteiger partial charge in [0.05, 0.1) is 6.34 Å². The summed E-state index contributed by atoms with van der Waals surface area (Å²) in [5.74, 6) is 0.971. The molecule has 2 rings (SSSR count). The van der Waals surface area contributed by atoms with Gasteiger partial charge >= 0.3 is 0 Å². The third-order valence-electron chi connectivity index (χ3n) is 2.58. The van der Waals surface area contributed by atoms with Crippen LogP contribution in [-0.4, -0.2) is 35.5 Å². The van der Waals surface area contributed by atoms with Crippen molar-refractivity contribution in [3.63, 3.8) is 0 Å². The number of hydrogen-bond acceptors (Lipinski definition) is 4. The quantitative estimate of drug-likeness (QED) is 0.643. The molecule has 1 aromatic carbocycles. The maximum Gasteiger partial charge on any atom is 0.169 e. The highest BCUT2D eigenvalue weighted by Gasteiger charge is 2.11. The summed E-state index contributed by atoms with van der Waals surface area (Å²) >= 11 is 0. The number of anilines is 1. The molecule has 0 saturated heterocycles. The van der Waals surface area contributed by atoms with E-state index in [0.29, 0.717) is 23.7 Å². The van der Waals surface area contributed by atoms with E-state index in [9.17, 15) is 5.26 Å². The lowest BCUT2D eigenvalue weighted by Gasteiger charge is -2.03. The average molecular weight is 268 g/mol. The maximum atomic E-state index is 9.21. The van der Waals surface area contributed by atoms with Crippen LogP contribution in [0.15, 0.2) is 35.3 Å². The van der Waals surface area contributed by atoms with Gasteiger partial charge in [-0.05, 0) is 5.56 Å². The second-order valence-corrected chi connectivity index (χ2v) is 4.45. The summed E-state index contributed by atoms with van der Waals surface area (Å²) < 4.78 is 0. The predicted molar refractivity (Wildman–Crippen MR) is 78.9 cm³/mol. The molecule has 0 atom stereocenters. The highest BCUT2D eigenvalue weighted by molar-refractivity contribution is 5.68. The molecule has 0 aliphatic rings. The number of H-pyrrole nitrogens is 1. The van der Waals surface area contributed by atoms with E-state index in [1.165, 1.54) is 0 Å². The number of rotatable bonds is 5. The smallest absolute Gasteiger partial charge is 0.169 e. The van der Waals surface area contributed by atoms with Crippen molar-refractivity contribution in [1.82, 2.24) is 15.1 Å². The molecule has 0 amide bonds. The van der Waals surface area contributed by atoms with Crippen molar-refractivity contribution in [1.29, 1.82) is 5.26 Å². The molecule has 2 N–H and O–H groups in total. The largest absolute Gasteiger partial charge is 0.369 e. The van der Waals surface area contributed by atoms with Crippen LogP contribution >= 0.6 is 0 Å². The summed E-state index contributed by atoms with van der Waals surface area (Å²) in [7, 11) is 3.72. The van der Waals surface area contributed by atoms with E-state index in [2.05, 4.69) is 26.6 Å². The zero-order valence-corrected chi connectivity index (χ0v) is 11.5. The summed E-state index contributed by atoms with van der Waals surface area (Å²) in [6, 6.07) is 12.0. The van der Waals surface area contributed by atoms with Crippen molar-refractivity contribution in [2.24, 2.45) is 4.99 Å². The first kappa shape index (κ1) is 13.6. The molecule has 0 fully saturated rings. The highest BCUT2D eigenvalue weighted by atomic mass is 15.2. The predicted octanol–water partition coefficient (Wildman–Crippen LogP) is 2.11. The van der Waals surface area contributed by atoms with Crippen LogP contribution < -0.4 is 5.32 Å². The Balaban J connectivity index is 2.11. The monoisotopic (exact) mass is 268 g/mol. The van der Waals surface area contributed by atoms with Crippen LogP contribution in [0.2, 0.25) is 0 Å². The number of aromatic nitrogens is 2. The molecule has 1 heterocycles. The van der Waals surface area contributed by atoms with Crippen LogP contribution in [0.1, 0.15) is 11.1 Å². The Morgan fingerprint density at radius 1 is 1.40 bits per heavy atom. The second kappa shape index (κ2) is 6.38. The molecule has 102 valence electrons. The molecule has 0 saturated carbocycles. The summed E-state index contributed by atoms with van der Waals surface area (Å²) in [6.45, 7) is 0.608. The molecule has 0 aliphatic heterocycles. The van der Waals surface area contributed by atoms with Crippen molar-refractivity contribution < 1.29 is 0 Å². The fourth-order valence-electron chi connectivity index (χ4n) is 1.61. The Morgan fingerprint density at radius 3 is 2.80 bits per heavy atom. The first-order valence-corrected chi connectivity index (χ1v) is 6.17. The van der Waals surface area contributed by atoms with Gasteiger partial charge in [-0.1, -0.05) is 30.3 Å². The summed E-state index contributed by atoms with van der Waals surface area (Å²) in [4.78, 5) is 5.96. The van der Waals surface area contributed by atoms with Gasteiger partial charge < -0.3 is 10.2 Å². The highest BCUT2D eigenvalue weighted by Crippen LogP contribution is 2.22. The Morgan fingerprint density at radius 2 is 2.15 bits per heavy atom. The molecule has 0 unspecified atom stereocenters. The molecule has 0 spiro atoms. The first-order valence-electron chi connectivity index (χ1n) is 6.17. The van der Waals surface area contributed by atoms with Crippen LogP contribution in [0, 0.1) is 11.3 Å². The van der Waals surface area contributed by atoms with Gasteiger partial charge in [0.15, 0.2) is 11.6 Å². The van der Waals surface area contributed by atoms with Crippen molar-refractivity contribution in [3.8, 4) is 6.07 Å². The molecule has 6 nitrogen and oxygen atoms in total.